The van der Waals surface area contributed by atoms with E-state index in [1.807, 2.05) is 6.92 Å². The smallest absolute Gasteiger partial charge is 0.240 e. The zero-order chi connectivity index (χ0) is 24.9. The van der Waals surface area contributed by atoms with E-state index in [0.717, 1.165) is 12.8 Å². The second-order valence-electron chi connectivity index (χ2n) is 8.24. The van der Waals surface area contributed by atoms with Crippen LogP contribution >= 0.6 is 11.6 Å². The zero-order valence-electron chi connectivity index (χ0n) is 20.0. The summed E-state index contributed by atoms with van der Waals surface area (Å²) in [5.74, 6) is 0.583. The van der Waals surface area contributed by atoms with Crippen molar-refractivity contribution in [1.82, 2.24) is 19.7 Å². The Morgan fingerprint density at radius 1 is 1.21 bits per heavy atom. The van der Waals surface area contributed by atoms with Crippen LogP contribution in [0.15, 0.2) is 18.3 Å². The highest BCUT2D eigenvalue weighted by molar-refractivity contribution is 7.93. The summed E-state index contributed by atoms with van der Waals surface area (Å²) in [7, 11) is 0.575. The predicted molar refractivity (Wildman–Crippen MR) is 126 cm³/mol. The summed E-state index contributed by atoms with van der Waals surface area (Å²) >= 11 is 5.92. The van der Waals surface area contributed by atoms with Crippen LogP contribution in [0.25, 0.3) is 0 Å². The van der Waals surface area contributed by atoms with Crippen LogP contribution in [0.4, 0.5) is 5.95 Å². The molecular formula is C21H32ClN5O6S. The van der Waals surface area contributed by atoms with Crippen molar-refractivity contribution in [3.63, 3.8) is 0 Å². The first-order chi connectivity index (χ1) is 16.2. The van der Waals surface area contributed by atoms with Crippen LogP contribution < -0.4 is 4.72 Å². The van der Waals surface area contributed by atoms with E-state index in [-0.39, 0.29) is 37.4 Å². The maximum absolute atomic E-state index is 13.4. The van der Waals surface area contributed by atoms with Gasteiger partial charge in [0, 0.05) is 27.5 Å². The highest BCUT2D eigenvalue weighted by Crippen LogP contribution is 2.35. The summed E-state index contributed by atoms with van der Waals surface area (Å²) < 4.78 is 53.3. The number of aromatic nitrogens is 4. The van der Waals surface area contributed by atoms with Crippen LogP contribution in [0, 0.1) is 0 Å². The highest BCUT2D eigenvalue weighted by Gasteiger charge is 2.36. The summed E-state index contributed by atoms with van der Waals surface area (Å²) in [6.45, 7) is 4.06. The Labute approximate surface area is 205 Å². The molecule has 13 heteroatoms. The van der Waals surface area contributed by atoms with E-state index in [0.29, 0.717) is 16.5 Å². The molecule has 3 heterocycles. The summed E-state index contributed by atoms with van der Waals surface area (Å²) in [4.78, 5) is 4.22. The molecule has 0 bridgehead atoms. The molecule has 1 fully saturated rings. The molecule has 0 aromatic carbocycles. The monoisotopic (exact) mass is 517 g/mol. The normalized spacial score (nSPS) is 20.6. The molecule has 190 valence electrons. The van der Waals surface area contributed by atoms with Gasteiger partial charge in [-0.15, -0.1) is 10.2 Å². The first-order valence-electron chi connectivity index (χ1n) is 11.0. The van der Waals surface area contributed by atoms with Crippen molar-refractivity contribution in [2.24, 2.45) is 0 Å². The van der Waals surface area contributed by atoms with Gasteiger partial charge in [-0.05, 0) is 38.8 Å². The van der Waals surface area contributed by atoms with Gasteiger partial charge in [-0.2, -0.15) is 0 Å². The zero-order valence-corrected chi connectivity index (χ0v) is 21.5. The van der Waals surface area contributed by atoms with Gasteiger partial charge in [0.15, 0.2) is 5.82 Å². The molecule has 0 unspecified atom stereocenters. The Morgan fingerprint density at radius 2 is 1.91 bits per heavy atom. The molecule has 0 spiro atoms. The van der Waals surface area contributed by atoms with E-state index in [9.17, 15) is 8.42 Å². The van der Waals surface area contributed by atoms with E-state index in [1.54, 1.807) is 30.9 Å². The number of halogens is 1. The summed E-state index contributed by atoms with van der Waals surface area (Å²) in [6.07, 6.45) is 2.01. The van der Waals surface area contributed by atoms with E-state index < -0.39 is 21.4 Å². The minimum atomic E-state index is -3.98. The Balaban J connectivity index is 1.94. The van der Waals surface area contributed by atoms with Gasteiger partial charge in [0.25, 0.3) is 0 Å². The summed E-state index contributed by atoms with van der Waals surface area (Å²) in [5, 5.41) is 7.89. The topological polar surface area (TPSA) is 127 Å². The number of methoxy groups -OCH3 is 3. The third-order valence-electron chi connectivity index (χ3n) is 5.77. The van der Waals surface area contributed by atoms with Crippen LogP contribution in [-0.2, 0) is 29.0 Å². The SMILES string of the molecule is COCC(COC)n1c(NS(=O)(=O)[C@@H](C)[C@H](OC)c2ccc(Cl)cn2)nnc1[C@@H]1CC[C@H](C)O1. The van der Waals surface area contributed by atoms with Gasteiger partial charge in [0.05, 0.1) is 36.1 Å². The van der Waals surface area contributed by atoms with Crippen LogP contribution in [0.1, 0.15) is 56.5 Å². The summed E-state index contributed by atoms with van der Waals surface area (Å²) in [5.41, 5.74) is 0.442. The number of hydrogen-bond acceptors (Lipinski definition) is 9. The molecule has 2 aromatic heterocycles. The van der Waals surface area contributed by atoms with E-state index in [1.165, 1.54) is 20.2 Å². The van der Waals surface area contributed by atoms with E-state index in [2.05, 4.69) is 19.9 Å². The van der Waals surface area contributed by atoms with Crippen LogP contribution in [-0.4, -0.2) is 74.1 Å². The van der Waals surface area contributed by atoms with Crippen molar-refractivity contribution in [3.05, 3.63) is 34.9 Å². The quantitative estimate of drug-likeness (QED) is 0.452. The number of rotatable bonds is 12. The molecule has 0 amide bonds. The molecule has 0 saturated carbocycles. The lowest BCUT2D eigenvalue weighted by Crippen LogP contribution is -2.34. The van der Waals surface area contributed by atoms with Crippen molar-refractivity contribution in [3.8, 4) is 0 Å². The number of hydrogen-bond donors (Lipinski definition) is 1. The summed E-state index contributed by atoms with van der Waals surface area (Å²) in [6, 6.07) is 2.90. The number of sulfonamides is 1. The first kappa shape index (κ1) is 26.8. The molecular weight excluding hydrogens is 486 g/mol. The average molecular weight is 518 g/mol. The van der Waals surface area contributed by atoms with Gasteiger partial charge in [-0.25, -0.2) is 8.42 Å². The number of pyridine rings is 1. The molecule has 34 heavy (non-hydrogen) atoms. The van der Waals surface area contributed by atoms with Crippen LogP contribution in [0.5, 0.6) is 0 Å². The fourth-order valence-electron chi connectivity index (χ4n) is 4.02. The third-order valence-corrected chi connectivity index (χ3v) is 7.69. The Hall–Kier alpha value is -1.83. The molecule has 4 atom stereocenters. The molecule has 11 nitrogen and oxygen atoms in total. The maximum atomic E-state index is 13.4. The molecule has 0 radical (unpaired) electrons. The third kappa shape index (κ3) is 6.04. The molecule has 1 aliphatic rings. The van der Waals surface area contributed by atoms with Crippen molar-refractivity contribution in [2.45, 2.75) is 56.3 Å². The lowest BCUT2D eigenvalue weighted by molar-refractivity contribution is 0.0406. The van der Waals surface area contributed by atoms with Gasteiger partial charge in [0.1, 0.15) is 17.5 Å². The first-order valence-corrected chi connectivity index (χ1v) is 12.9. The number of anilines is 1. The van der Waals surface area contributed by atoms with E-state index >= 15 is 0 Å². The van der Waals surface area contributed by atoms with Crippen molar-refractivity contribution >= 4 is 27.6 Å². The second-order valence-corrected chi connectivity index (χ2v) is 10.7. The second kappa shape index (κ2) is 11.7. The molecule has 1 aliphatic heterocycles. The fraction of sp³-hybridized carbons (Fsp3) is 0.667. The van der Waals surface area contributed by atoms with Crippen molar-refractivity contribution in [2.75, 3.05) is 39.3 Å². The van der Waals surface area contributed by atoms with Gasteiger partial charge in [-0.1, -0.05) is 11.6 Å². The standard InChI is InChI=1S/C21H32ClN5O6S/c1-13-6-9-18(33-13)20-24-25-21(27(20)16(11-30-3)12-31-4)26-34(28,29)14(2)19(32-5)17-8-7-15(22)10-23-17/h7-8,10,13-14,16,18-19H,6,9,11-12H2,1-5H3,(H,25,26)/t13-,14-,18-,19-/m0/s1. The minimum Gasteiger partial charge on any atom is -0.382 e. The molecule has 1 N–H and O–H groups in total. The Kier molecular flexibility index (Phi) is 9.24. The van der Waals surface area contributed by atoms with Gasteiger partial charge < -0.3 is 18.9 Å². The molecule has 0 aliphatic carbocycles. The largest absolute Gasteiger partial charge is 0.382 e. The fourth-order valence-corrected chi connectivity index (χ4v) is 5.29. The van der Waals surface area contributed by atoms with Gasteiger partial charge in [0.2, 0.25) is 16.0 Å². The molecule has 2 aromatic rings. The lowest BCUT2D eigenvalue weighted by Gasteiger charge is -2.25. The van der Waals surface area contributed by atoms with Crippen molar-refractivity contribution in [1.29, 1.82) is 0 Å². The van der Waals surface area contributed by atoms with E-state index in [4.69, 9.17) is 30.5 Å². The average Bonchev–Trinajstić information content (AvgIpc) is 3.41. The number of nitrogens with one attached hydrogen (secondary N) is 1. The predicted octanol–water partition coefficient (Wildman–Crippen LogP) is 2.92. The van der Waals surface area contributed by atoms with Crippen LogP contribution in [0.2, 0.25) is 5.02 Å². The maximum Gasteiger partial charge on any atom is 0.240 e. The van der Waals surface area contributed by atoms with Crippen LogP contribution in [0.3, 0.4) is 0 Å². The minimum absolute atomic E-state index is 0.0584. The molecule has 1 saturated heterocycles. The lowest BCUT2D eigenvalue weighted by atomic mass is 10.2. The Morgan fingerprint density at radius 3 is 2.44 bits per heavy atom. The Bertz CT molecular complexity index is 1030. The number of nitrogens with zero attached hydrogens (tertiary/aromatic N) is 4. The van der Waals surface area contributed by atoms with Gasteiger partial charge >= 0.3 is 0 Å². The highest BCUT2D eigenvalue weighted by atomic mass is 35.5. The molecule has 3 rings (SSSR count). The van der Waals surface area contributed by atoms with Crippen molar-refractivity contribution < 1.29 is 27.4 Å². The van der Waals surface area contributed by atoms with Gasteiger partial charge in [-0.3, -0.25) is 14.3 Å². The number of ether oxygens (including phenoxy) is 4.